The van der Waals surface area contributed by atoms with Gasteiger partial charge in [0.1, 0.15) is 11.9 Å². The SMILES string of the molecule is COc1ccc(N2CC(CNS(=O)(=O)c3ccccc3)OC2=O)cc1. The predicted molar refractivity (Wildman–Crippen MR) is 92.2 cm³/mol. The van der Waals surface area contributed by atoms with Gasteiger partial charge in [-0.05, 0) is 36.4 Å². The molecule has 3 rings (SSSR count). The molecule has 0 saturated carbocycles. The highest BCUT2D eigenvalue weighted by Crippen LogP contribution is 2.24. The number of amides is 1. The van der Waals surface area contributed by atoms with E-state index in [1.165, 1.54) is 17.0 Å². The lowest BCUT2D eigenvalue weighted by molar-refractivity contribution is 0.143. The molecule has 1 fully saturated rings. The highest BCUT2D eigenvalue weighted by atomic mass is 32.2. The Labute approximate surface area is 146 Å². The van der Waals surface area contributed by atoms with Gasteiger partial charge in [-0.2, -0.15) is 0 Å². The molecule has 2 aromatic rings. The second kappa shape index (κ2) is 7.12. The number of anilines is 1. The van der Waals surface area contributed by atoms with Crippen LogP contribution in [0.15, 0.2) is 59.5 Å². The Morgan fingerprint density at radius 2 is 1.84 bits per heavy atom. The maximum absolute atomic E-state index is 12.2. The lowest BCUT2D eigenvalue weighted by Gasteiger charge is -2.13. The van der Waals surface area contributed by atoms with Crippen molar-refractivity contribution in [1.82, 2.24) is 4.72 Å². The fraction of sp³-hybridized carbons (Fsp3) is 0.235. The number of nitrogens with one attached hydrogen (secondary N) is 1. The van der Waals surface area contributed by atoms with E-state index >= 15 is 0 Å². The average Bonchev–Trinajstić information content (AvgIpc) is 3.02. The molecule has 1 N–H and O–H groups in total. The van der Waals surface area contributed by atoms with E-state index in [1.54, 1.807) is 49.6 Å². The molecule has 25 heavy (non-hydrogen) atoms. The van der Waals surface area contributed by atoms with Gasteiger partial charge < -0.3 is 9.47 Å². The molecule has 8 heteroatoms. The van der Waals surface area contributed by atoms with Crippen molar-refractivity contribution in [3.8, 4) is 5.75 Å². The van der Waals surface area contributed by atoms with E-state index < -0.39 is 22.2 Å². The lowest BCUT2D eigenvalue weighted by Crippen LogP contribution is -2.34. The molecule has 0 spiro atoms. The van der Waals surface area contributed by atoms with Gasteiger partial charge in [0, 0.05) is 12.2 Å². The Morgan fingerprint density at radius 3 is 2.48 bits per heavy atom. The van der Waals surface area contributed by atoms with Crippen molar-refractivity contribution >= 4 is 21.8 Å². The number of cyclic esters (lactones) is 1. The number of carbonyl (C=O) groups excluding carboxylic acids is 1. The van der Waals surface area contributed by atoms with Crippen molar-refractivity contribution < 1.29 is 22.7 Å². The van der Waals surface area contributed by atoms with Crippen LogP contribution in [0.1, 0.15) is 0 Å². The molecule has 1 unspecified atom stereocenters. The lowest BCUT2D eigenvalue weighted by atomic mass is 10.2. The second-order valence-electron chi connectivity index (χ2n) is 5.48. The zero-order valence-electron chi connectivity index (χ0n) is 13.6. The van der Waals surface area contributed by atoms with Gasteiger partial charge >= 0.3 is 6.09 Å². The van der Waals surface area contributed by atoms with E-state index in [0.29, 0.717) is 11.4 Å². The minimum Gasteiger partial charge on any atom is -0.497 e. The number of hydrogen-bond donors (Lipinski definition) is 1. The van der Waals surface area contributed by atoms with Gasteiger partial charge in [-0.15, -0.1) is 0 Å². The summed E-state index contributed by atoms with van der Waals surface area (Å²) in [6, 6.07) is 15.0. The average molecular weight is 362 g/mol. The molecular weight excluding hydrogens is 344 g/mol. The third-order valence-electron chi connectivity index (χ3n) is 3.81. The normalized spacial score (nSPS) is 17.4. The summed E-state index contributed by atoms with van der Waals surface area (Å²) in [6.07, 6.45) is -1.07. The van der Waals surface area contributed by atoms with E-state index in [9.17, 15) is 13.2 Å². The summed E-state index contributed by atoms with van der Waals surface area (Å²) in [7, 11) is -2.07. The maximum Gasteiger partial charge on any atom is 0.414 e. The van der Waals surface area contributed by atoms with Crippen LogP contribution >= 0.6 is 0 Å². The predicted octanol–water partition coefficient (Wildman–Crippen LogP) is 2.00. The zero-order valence-corrected chi connectivity index (χ0v) is 14.4. The molecule has 0 bridgehead atoms. The summed E-state index contributed by atoms with van der Waals surface area (Å²) in [5, 5.41) is 0. The minimum atomic E-state index is -3.63. The number of hydrogen-bond acceptors (Lipinski definition) is 5. The van der Waals surface area contributed by atoms with Crippen molar-refractivity contribution in [2.45, 2.75) is 11.0 Å². The molecule has 0 aliphatic carbocycles. The summed E-state index contributed by atoms with van der Waals surface area (Å²) in [5.74, 6) is 0.684. The van der Waals surface area contributed by atoms with E-state index in [4.69, 9.17) is 9.47 Å². The van der Waals surface area contributed by atoms with Gasteiger partial charge in [-0.3, -0.25) is 4.90 Å². The standard InChI is InChI=1S/C17H18N2O5S/c1-23-14-9-7-13(8-10-14)19-12-15(24-17(19)20)11-18-25(21,22)16-5-3-2-4-6-16/h2-10,15,18H,11-12H2,1H3. The number of benzene rings is 2. The summed E-state index contributed by atoms with van der Waals surface area (Å²) >= 11 is 0. The quantitative estimate of drug-likeness (QED) is 0.850. The van der Waals surface area contributed by atoms with E-state index in [0.717, 1.165) is 0 Å². The molecule has 0 radical (unpaired) electrons. The first-order chi connectivity index (χ1) is 12.0. The number of carbonyl (C=O) groups is 1. The van der Waals surface area contributed by atoms with Crippen LogP contribution in [0.4, 0.5) is 10.5 Å². The fourth-order valence-corrected chi connectivity index (χ4v) is 3.57. The van der Waals surface area contributed by atoms with Gasteiger partial charge in [0.25, 0.3) is 0 Å². The molecular formula is C17H18N2O5S. The van der Waals surface area contributed by atoms with Gasteiger partial charge in [0.05, 0.1) is 18.6 Å². The van der Waals surface area contributed by atoms with Crippen molar-refractivity contribution in [1.29, 1.82) is 0 Å². The topological polar surface area (TPSA) is 84.9 Å². The molecule has 1 amide bonds. The number of methoxy groups -OCH3 is 1. The van der Waals surface area contributed by atoms with Gasteiger partial charge in [0.15, 0.2) is 0 Å². The van der Waals surface area contributed by atoms with Crippen molar-refractivity contribution in [3.05, 3.63) is 54.6 Å². The first kappa shape index (κ1) is 17.2. The fourth-order valence-electron chi connectivity index (χ4n) is 2.49. The summed E-state index contributed by atoms with van der Waals surface area (Å²) < 4.78 is 37.2. The first-order valence-corrected chi connectivity index (χ1v) is 9.15. The molecule has 1 saturated heterocycles. The van der Waals surface area contributed by atoms with Crippen LogP contribution in [0.5, 0.6) is 5.75 Å². The molecule has 132 valence electrons. The van der Waals surface area contributed by atoms with Gasteiger partial charge in [-0.25, -0.2) is 17.9 Å². The van der Waals surface area contributed by atoms with Crippen LogP contribution in [0.3, 0.4) is 0 Å². The van der Waals surface area contributed by atoms with E-state index in [-0.39, 0.29) is 18.0 Å². The Balaban J connectivity index is 1.63. The Kier molecular flexibility index (Phi) is 4.91. The van der Waals surface area contributed by atoms with Gasteiger partial charge in [-0.1, -0.05) is 18.2 Å². The number of rotatable bonds is 6. The third-order valence-corrected chi connectivity index (χ3v) is 5.25. The number of ether oxygens (including phenoxy) is 2. The Morgan fingerprint density at radius 1 is 1.16 bits per heavy atom. The van der Waals surface area contributed by atoms with Crippen molar-refractivity contribution in [3.63, 3.8) is 0 Å². The number of sulfonamides is 1. The van der Waals surface area contributed by atoms with Crippen LogP contribution in [-0.2, 0) is 14.8 Å². The van der Waals surface area contributed by atoms with Crippen LogP contribution in [0.2, 0.25) is 0 Å². The van der Waals surface area contributed by atoms with Crippen LogP contribution in [0, 0.1) is 0 Å². The Bertz CT molecular complexity index is 837. The van der Waals surface area contributed by atoms with Crippen molar-refractivity contribution in [2.24, 2.45) is 0 Å². The molecule has 1 aliphatic rings. The van der Waals surface area contributed by atoms with E-state index in [1.807, 2.05) is 0 Å². The van der Waals surface area contributed by atoms with Crippen molar-refractivity contribution in [2.75, 3.05) is 25.1 Å². The van der Waals surface area contributed by atoms with Crippen LogP contribution in [0.25, 0.3) is 0 Å². The highest BCUT2D eigenvalue weighted by molar-refractivity contribution is 7.89. The summed E-state index contributed by atoms with van der Waals surface area (Å²) in [4.78, 5) is 13.7. The monoisotopic (exact) mass is 362 g/mol. The molecule has 1 aliphatic heterocycles. The second-order valence-corrected chi connectivity index (χ2v) is 7.25. The minimum absolute atomic E-state index is 0.00955. The van der Waals surface area contributed by atoms with Crippen LogP contribution < -0.4 is 14.4 Å². The Hall–Kier alpha value is -2.58. The maximum atomic E-state index is 12.2. The molecule has 7 nitrogen and oxygen atoms in total. The van der Waals surface area contributed by atoms with E-state index in [2.05, 4.69) is 4.72 Å². The molecule has 0 aromatic heterocycles. The molecule has 1 atom stereocenters. The molecule has 1 heterocycles. The smallest absolute Gasteiger partial charge is 0.414 e. The highest BCUT2D eigenvalue weighted by Gasteiger charge is 2.33. The molecule has 2 aromatic carbocycles. The first-order valence-electron chi connectivity index (χ1n) is 7.66. The largest absolute Gasteiger partial charge is 0.497 e. The summed E-state index contributed by atoms with van der Waals surface area (Å²) in [5.41, 5.74) is 0.666. The number of nitrogens with zero attached hydrogens (tertiary/aromatic N) is 1. The zero-order chi connectivity index (χ0) is 17.9. The van der Waals surface area contributed by atoms with Gasteiger partial charge in [0.2, 0.25) is 10.0 Å². The van der Waals surface area contributed by atoms with Crippen LogP contribution in [-0.4, -0.2) is 40.8 Å². The third kappa shape index (κ3) is 3.92. The summed E-state index contributed by atoms with van der Waals surface area (Å²) in [6.45, 7) is 0.276.